The molecule has 14 nitrogen and oxygen atoms in total. The van der Waals surface area contributed by atoms with E-state index in [1.54, 1.807) is 32.0 Å². The minimum absolute atomic E-state index is 0.0419. The van der Waals surface area contributed by atoms with Crippen LogP contribution in [0.4, 0.5) is 10.5 Å². The molecule has 42 heavy (non-hydrogen) atoms. The van der Waals surface area contributed by atoms with E-state index in [1.165, 1.54) is 31.5 Å². The van der Waals surface area contributed by atoms with Crippen molar-refractivity contribution in [1.82, 2.24) is 16.1 Å². The second kappa shape index (κ2) is 14.6. The first-order valence-corrected chi connectivity index (χ1v) is 13.2. The molecule has 2 aromatic carbocycles. The first-order valence-electron chi connectivity index (χ1n) is 12.4. The summed E-state index contributed by atoms with van der Waals surface area (Å²) in [4.78, 5) is 47.9. The second-order valence-corrected chi connectivity index (χ2v) is 9.34. The fourth-order valence-corrected chi connectivity index (χ4v) is 4.44. The zero-order valence-electron chi connectivity index (χ0n) is 22.9. The number of hydrogen-bond acceptors (Lipinski definition) is 10. The van der Waals surface area contributed by atoms with E-state index in [4.69, 9.17) is 18.9 Å². The average Bonchev–Trinajstić information content (AvgIpc) is 2.94. The predicted molar refractivity (Wildman–Crippen MR) is 154 cm³/mol. The molecular weight excluding hydrogens is 618 g/mol. The van der Waals surface area contributed by atoms with Crippen LogP contribution in [-0.2, 0) is 14.3 Å². The lowest BCUT2D eigenvalue weighted by Crippen LogP contribution is -2.45. The molecule has 0 fully saturated rings. The molecule has 0 bridgehead atoms. The van der Waals surface area contributed by atoms with Gasteiger partial charge in [-0.1, -0.05) is 18.7 Å². The highest BCUT2D eigenvalue weighted by Gasteiger charge is 2.32. The van der Waals surface area contributed by atoms with Crippen molar-refractivity contribution in [3.8, 4) is 17.2 Å². The minimum Gasteiger partial charge on any atom is -0.493 e. The summed E-state index contributed by atoms with van der Waals surface area (Å²) in [6, 6.07) is 6.21. The maximum absolute atomic E-state index is 12.6. The van der Waals surface area contributed by atoms with Crippen molar-refractivity contribution in [2.24, 2.45) is 5.10 Å². The van der Waals surface area contributed by atoms with E-state index in [2.05, 4.69) is 43.7 Å². The Kier molecular flexibility index (Phi) is 11.0. The average molecular weight is 646 g/mol. The summed E-state index contributed by atoms with van der Waals surface area (Å²) in [6.07, 6.45) is 2.69. The maximum Gasteiger partial charge on any atom is 0.338 e. The van der Waals surface area contributed by atoms with Gasteiger partial charge >= 0.3 is 17.7 Å². The smallest absolute Gasteiger partial charge is 0.338 e. The van der Waals surface area contributed by atoms with Crippen LogP contribution < -0.4 is 30.3 Å². The number of esters is 1. The molecule has 0 aliphatic carbocycles. The van der Waals surface area contributed by atoms with Crippen LogP contribution in [0, 0.1) is 10.1 Å². The van der Waals surface area contributed by atoms with Crippen LogP contribution in [0.2, 0.25) is 0 Å². The summed E-state index contributed by atoms with van der Waals surface area (Å²) in [5.41, 5.74) is 3.44. The summed E-state index contributed by atoms with van der Waals surface area (Å²) in [7, 11) is 1.40. The zero-order chi connectivity index (χ0) is 30.8. The summed E-state index contributed by atoms with van der Waals surface area (Å²) in [6.45, 7) is 6.59. The first-order chi connectivity index (χ1) is 20.1. The molecule has 0 spiro atoms. The van der Waals surface area contributed by atoms with Gasteiger partial charge in [0.25, 0.3) is 5.91 Å². The number of hydrogen-bond donors (Lipinski definition) is 3. The molecule has 1 aliphatic rings. The number of carbonyl (C=O) groups is 3. The number of carbonyl (C=O) groups excluding carboxylic acids is 3. The molecule has 1 heterocycles. The molecule has 3 N–H and O–H groups in total. The molecule has 222 valence electrons. The second-order valence-electron chi connectivity index (χ2n) is 8.49. The number of ether oxygens (including phenoxy) is 4. The third-order valence-electron chi connectivity index (χ3n) is 5.64. The van der Waals surface area contributed by atoms with Gasteiger partial charge in [0.15, 0.2) is 18.1 Å². The normalized spacial score (nSPS) is 14.5. The van der Waals surface area contributed by atoms with Crippen LogP contribution >= 0.6 is 15.9 Å². The lowest BCUT2D eigenvalue weighted by molar-refractivity contribution is -0.385. The molecule has 0 saturated carbocycles. The largest absolute Gasteiger partial charge is 0.493 e. The molecule has 3 rings (SSSR count). The number of nitrogens with zero attached hydrogens (tertiary/aromatic N) is 2. The molecule has 0 unspecified atom stereocenters. The lowest BCUT2D eigenvalue weighted by atomic mass is 9.95. The van der Waals surface area contributed by atoms with Gasteiger partial charge in [-0.25, -0.2) is 15.0 Å². The van der Waals surface area contributed by atoms with Crippen molar-refractivity contribution >= 4 is 45.7 Å². The Bertz CT molecular complexity index is 1460. The Labute approximate surface area is 249 Å². The van der Waals surface area contributed by atoms with Crippen molar-refractivity contribution < 1.29 is 38.3 Å². The number of nitro benzene ring substituents is 1. The van der Waals surface area contributed by atoms with Gasteiger partial charge < -0.3 is 29.6 Å². The van der Waals surface area contributed by atoms with Crippen molar-refractivity contribution in [2.45, 2.75) is 19.9 Å². The van der Waals surface area contributed by atoms with Crippen LogP contribution in [0.15, 0.2) is 63.8 Å². The van der Waals surface area contributed by atoms with Gasteiger partial charge in [0, 0.05) is 17.3 Å². The lowest BCUT2D eigenvalue weighted by Gasteiger charge is -2.28. The predicted octanol–water partition coefficient (Wildman–Crippen LogP) is 3.65. The molecule has 1 atom stereocenters. The SMILES string of the molecule is C=CCOc1c(Br)cc(/C=N/NC(=O)COc2ccc([C@@H]3NC(=O)NC(C)=C3C(=O)OCC)cc2OC)cc1[N+](=O)[O-]. The number of halogens is 1. The highest BCUT2D eigenvalue weighted by molar-refractivity contribution is 9.10. The Balaban J connectivity index is 1.69. The van der Waals surface area contributed by atoms with Crippen LogP contribution in [0.25, 0.3) is 0 Å². The number of rotatable bonds is 13. The molecule has 15 heteroatoms. The highest BCUT2D eigenvalue weighted by Crippen LogP contribution is 2.36. The topological polar surface area (TPSA) is 180 Å². The molecular formula is C27H28BrN5O9. The van der Waals surface area contributed by atoms with Gasteiger partial charge in [-0.15, -0.1) is 0 Å². The van der Waals surface area contributed by atoms with Crippen LogP contribution in [0.3, 0.4) is 0 Å². The van der Waals surface area contributed by atoms with Gasteiger partial charge in [0.1, 0.15) is 6.61 Å². The van der Waals surface area contributed by atoms with E-state index >= 15 is 0 Å². The maximum atomic E-state index is 12.6. The van der Waals surface area contributed by atoms with Crippen LogP contribution in [0.1, 0.15) is 31.0 Å². The van der Waals surface area contributed by atoms with E-state index in [-0.39, 0.29) is 41.7 Å². The number of benzene rings is 2. The monoisotopic (exact) mass is 645 g/mol. The Hall–Kier alpha value is -4.92. The summed E-state index contributed by atoms with van der Waals surface area (Å²) < 4.78 is 21.8. The molecule has 3 amide bonds. The van der Waals surface area contributed by atoms with E-state index in [0.717, 1.165) is 0 Å². The Morgan fingerprint density at radius 2 is 2.00 bits per heavy atom. The summed E-state index contributed by atoms with van der Waals surface area (Å²) in [5, 5.41) is 20.5. The highest BCUT2D eigenvalue weighted by atomic mass is 79.9. The van der Waals surface area contributed by atoms with E-state index in [0.29, 0.717) is 21.3 Å². The van der Waals surface area contributed by atoms with Gasteiger partial charge in [-0.05, 0) is 53.5 Å². The van der Waals surface area contributed by atoms with Gasteiger partial charge in [0.05, 0.1) is 40.9 Å². The standard InChI is InChI=1S/C27H28BrN5O9/c1-5-9-41-25-18(28)10-16(11-19(25)33(37)38)13-29-32-22(34)14-42-20-8-7-17(12-21(20)39-4)24-23(26(35)40-6-2)15(3)30-27(36)31-24/h5,7-8,10-13,24H,1,6,9,14H2,2-4H3,(H,32,34)(H2,30,31,36)/b29-13+/t24-/m0/s1. The number of nitrogens with one attached hydrogen (secondary N) is 3. The van der Waals surface area contributed by atoms with Crippen molar-refractivity contribution in [1.29, 1.82) is 0 Å². The molecule has 0 saturated heterocycles. The zero-order valence-corrected chi connectivity index (χ0v) is 24.5. The van der Waals surface area contributed by atoms with Crippen LogP contribution in [0.5, 0.6) is 17.2 Å². The van der Waals surface area contributed by atoms with Gasteiger partial charge in [0.2, 0.25) is 5.75 Å². The van der Waals surface area contributed by atoms with Crippen molar-refractivity contribution in [3.05, 3.63) is 80.0 Å². The van der Waals surface area contributed by atoms with Crippen molar-refractivity contribution in [3.63, 3.8) is 0 Å². The fraction of sp³-hybridized carbons (Fsp3) is 0.259. The van der Waals surface area contributed by atoms with Crippen LogP contribution in [-0.4, -0.2) is 56.0 Å². The van der Waals surface area contributed by atoms with Crippen molar-refractivity contribution in [2.75, 3.05) is 26.9 Å². The summed E-state index contributed by atoms with van der Waals surface area (Å²) in [5.74, 6) is -0.698. The van der Waals surface area contributed by atoms with E-state index in [9.17, 15) is 24.5 Å². The number of urea groups is 1. The minimum atomic E-state index is -0.808. The molecule has 2 aromatic rings. The number of hydrazone groups is 1. The van der Waals surface area contributed by atoms with Gasteiger partial charge in [-0.3, -0.25) is 14.9 Å². The molecule has 0 radical (unpaired) electrons. The Morgan fingerprint density at radius 3 is 2.67 bits per heavy atom. The Morgan fingerprint density at radius 1 is 1.24 bits per heavy atom. The fourth-order valence-electron chi connectivity index (χ4n) is 3.86. The molecule has 0 aromatic heterocycles. The van der Waals surface area contributed by atoms with Gasteiger partial charge in [-0.2, -0.15) is 5.10 Å². The summed E-state index contributed by atoms with van der Waals surface area (Å²) >= 11 is 3.24. The first kappa shape index (κ1) is 31.6. The number of amides is 3. The third kappa shape index (κ3) is 7.84. The van der Waals surface area contributed by atoms with E-state index in [1.807, 2.05) is 0 Å². The number of nitro groups is 1. The number of methoxy groups -OCH3 is 1. The quantitative estimate of drug-likeness (QED) is 0.0963. The van der Waals surface area contributed by atoms with E-state index < -0.39 is 35.5 Å². The third-order valence-corrected chi connectivity index (χ3v) is 6.22. The number of allylic oxidation sites excluding steroid dienone is 1. The molecule has 1 aliphatic heterocycles.